The Labute approximate surface area is 79.3 Å². The fourth-order valence-corrected chi connectivity index (χ4v) is 1.60. The van der Waals surface area contributed by atoms with Gasteiger partial charge in [0, 0.05) is 12.8 Å². The van der Waals surface area contributed by atoms with Crippen LogP contribution in [0.15, 0.2) is 23.3 Å². The maximum absolute atomic E-state index is 11.3. The minimum Gasteiger partial charge on any atom is -0.294 e. The molecule has 0 aliphatic heterocycles. The molecule has 0 spiro atoms. The lowest BCUT2D eigenvalue weighted by Crippen LogP contribution is -2.29. The van der Waals surface area contributed by atoms with Gasteiger partial charge in [-0.25, -0.2) is 0 Å². The molecule has 4 nitrogen and oxygen atoms in total. The fourth-order valence-electron chi connectivity index (χ4n) is 1.60. The van der Waals surface area contributed by atoms with Gasteiger partial charge in [0.2, 0.25) is 0 Å². The Morgan fingerprint density at radius 1 is 0.714 bits per heavy atom. The van der Waals surface area contributed by atoms with E-state index in [1.54, 1.807) is 0 Å². The lowest BCUT2D eigenvalue weighted by Gasteiger charge is -2.16. The standard InChI is InChI=1S/C10H6O4/c11-5-1-2-6(12)10-8(14)4-3-7(13)9(5)10/h1-2H,3-4H2. The average molecular weight is 190 g/mol. The molecule has 0 heterocycles. The van der Waals surface area contributed by atoms with Crippen molar-refractivity contribution in [2.24, 2.45) is 0 Å². The van der Waals surface area contributed by atoms with Crippen molar-refractivity contribution in [2.45, 2.75) is 12.8 Å². The maximum atomic E-state index is 11.3. The van der Waals surface area contributed by atoms with Crippen molar-refractivity contribution in [3.63, 3.8) is 0 Å². The van der Waals surface area contributed by atoms with E-state index in [-0.39, 0.29) is 24.0 Å². The first-order valence-electron chi connectivity index (χ1n) is 4.18. The van der Waals surface area contributed by atoms with Crippen LogP contribution < -0.4 is 0 Å². The third-order valence-corrected chi connectivity index (χ3v) is 2.27. The molecule has 0 fully saturated rings. The van der Waals surface area contributed by atoms with Gasteiger partial charge in [0.15, 0.2) is 23.1 Å². The second-order valence-electron chi connectivity index (χ2n) is 3.16. The van der Waals surface area contributed by atoms with Gasteiger partial charge in [0.05, 0.1) is 11.1 Å². The second kappa shape index (κ2) is 2.83. The summed E-state index contributed by atoms with van der Waals surface area (Å²) in [6.07, 6.45) is 2.14. The normalized spacial score (nSPS) is 21.7. The van der Waals surface area contributed by atoms with Crippen molar-refractivity contribution in [2.75, 3.05) is 0 Å². The monoisotopic (exact) mass is 190 g/mol. The van der Waals surface area contributed by atoms with Crippen LogP contribution in [0.2, 0.25) is 0 Å². The van der Waals surface area contributed by atoms with Crippen molar-refractivity contribution in [3.8, 4) is 0 Å². The molecule has 70 valence electrons. The van der Waals surface area contributed by atoms with E-state index < -0.39 is 23.1 Å². The minimum absolute atomic E-state index is 0.0323. The molecule has 0 radical (unpaired) electrons. The van der Waals surface area contributed by atoms with Crippen LogP contribution in [0.3, 0.4) is 0 Å². The first-order chi connectivity index (χ1) is 6.61. The summed E-state index contributed by atoms with van der Waals surface area (Å²) in [6, 6.07) is 0. The van der Waals surface area contributed by atoms with Crippen LogP contribution in [0.4, 0.5) is 0 Å². The zero-order valence-corrected chi connectivity index (χ0v) is 7.20. The van der Waals surface area contributed by atoms with Gasteiger partial charge in [0.25, 0.3) is 0 Å². The number of hydrogen-bond donors (Lipinski definition) is 0. The number of carbonyl (C=O) groups is 4. The average Bonchev–Trinajstić information content (AvgIpc) is 2.16. The summed E-state index contributed by atoms with van der Waals surface area (Å²) >= 11 is 0. The number of hydrogen-bond acceptors (Lipinski definition) is 4. The Hall–Kier alpha value is -1.84. The minimum atomic E-state index is -0.530. The molecule has 0 amide bonds. The van der Waals surface area contributed by atoms with E-state index in [9.17, 15) is 19.2 Å². The third kappa shape index (κ3) is 1.08. The topological polar surface area (TPSA) is 68.3 Å². The van der Waals surface area contributed by atoms with E-state index in [4.69, 9.17) is 0 Å². The molecule has 2 rings (SSSR count). The van der Waals surface area contributed by atoms with Crippen molar-refractivity contribution < 1.29 is 19.2 Å². The van der Waals surface area contributed by atoms with E-state index >= 15 is 0 Å². The maximum Gasteiger partial charge on any atom is 0.190 e. The molecule has 0 aromatic heterocycles. The zero-order chi connectivity index (χ0) is 10.3. The van der Waals surface area contributed by atoms with Crippen LogP contribution in [0.25, 0.3) is 0 Å². The van der Waals surface area contributed by atoms with Gasteiger partial charge in [-0.05, 0) is 12.2 Å². The molecule has 0 aromatic rings. The molecule has 0 saturated heterocycles. The predicted molar refractivity (Wildman–Crippen MR) is 45.4 cm³/mol. The Bertz CT molecular complexity index is 397. The predicted octanol–water partition coefficient (Wildman–Crippen LogP) is -0.0770. The molecule has 2 aliphatic carbocycles. The van der Waals surface area contributed by atoms with Crippen LogP contribution in [-0.2, 0) is 19.2 Å². The SMILES string of the molecule is O=C1C=CC(=O)C2=C1C(=O)CCC2=O. The third-order valence-electron chi connectivity index (χ3n) is 2.27. The summed E-state index contributed by atoms with van der Waals surface area (Å²) in [4.78, 5) is 45.1. The lowest BCUT2D eigenvalue weighted by atomic mass is 9.82. The number of ketones is 4. The van der Waals surface area contributed by atoms with Crippen molar-refractivity contribution in [1.29, 1.82) is 0 Å². The van der Waals surface area contributed by atoms with Gasteiger partial charge in [-0.3, -0.25) is 19.2 Å². The van der Waals surface area contributed by atoms with E-state index in [2.05, 4.69) is 0 Å². The Balaban J connectivity index is 2.65. The zero-order valence-electron chi connectivity index (χ0n) is 7.20. The summed E-state index contributed by atoms with van der Waals surface area (Å²) in [7, 11) is 0. The molecular weight excluding hydrogens is 184 g/mol. The molecule has 0 aromatic carbocycles. The first-order valence-corrected chi connectivity index (χ1v) is 4.18. The number of rotatable bonds is 0. The molecule has 0 bridgehead atoms. The Morgan fingerprint density at radius 2 is 1.07 bits per heavy atom. The van der Waals surface area contributed by atoms with Gasteiger partial charge < -0.3 is 0 Å². The van der Waals surface area contributed by atoms with E-state index in [0.717, 1.165) is 12.2 Å². The summed E-state index contributed by atoms with van der Waals surface area (Å²) in [6.45, 7) is 0. The van der Waals surface area contributed by atoms with Crippen LogP contribution in [0.1, 0.15) is 12.8 Å². The van der Waals surface area contributed by atoms with Crippen molar-refractivity contribution >= 4 is 23.1 Å². The number of allylic oxidation sites excluding steroid dienone is 4. The van der Waals surface area contributed by atoms with Gasteiger partial charge >= 0.3 is 0 Å². The highest BCUT2D eigenvalue weighted by Gasteiger charge is 2.35. The molecule has 4 heteroatoms. The van der Waals surface area contributed by atoms with E-state index in [1.165, 1.54) is 0 Å². The van der Waals surface area contributed by atoms with Crippen LogP contribution >= 0.6 is 0 Å². The quantitative estimate of drug-likeness (QED) is 0.396. The largest absolute Gasteiger partial charge is 0.294 e. The van der Waals surface area contributed by atoms with Gasteiger partial charge in [-0.15, -0.1) is 0 Å². The number of carbonyl (C=O) groups excluding carboxylic acids is 4. The van der Waals surface area contributed by atoms with Crippen molar-refractivity contribution in [1.82, 2.24) is 0 Å². The molecule has 0 atom stereocenters. The Kier molecular flexibility index (Phi) is 1.77. The summed E-state index contributed by atoms with van der Waals surface area (Å²) < 4.78 is 0. The molecule has 2 aliphatic rings. The van der Waals surface area contributed by atoms with E-state index in [0.29, 0.717) is 0 Å². The smallest absolute Gasteiger partial charge is 0.190 e. The molecular formula is C10H6O4. The van der Waals surface area contributed by atoms with Gasteiger partial charge in [-0.2, -0.15) is 0 Å². The van der Waals surface area contributed by atoms with Crippen LogP contribution in [0, 0.1) is 0 Å². The highest BCUT2D eigenvalue weighted by Crippen LogP contribution is 2.24. The van der Waals surface area contributed by atoms with Crippen LogP contribution in [0.5, 0.6) is 0 Å². The van der Waals surface area contributed by atoms with Crippen LogP contribution in [-0.4, -0.2) is 23.1 Å². The van der Waals surface area contributed by atoms with Crippen molar-refractivity contribution in [3.05, 3.63) is 23.3 Å². The van der Waals surface area contributed by atoms with Gasteiger partial charge in [0.1, 0.15) is 0 Å². The Morgan fingerprint density at radius 3 is 1.43 bits per heavy atom. The molecule has 14 heavy (non-hydrogen) atoms. The van der Waals surface area contributed by atoms with Gasteiger partial charge in [-0.1, -0.05) is 0 Å². The summed E-state index contributed by atoms with van der Waals surface area (Å²) in [5, 5.41) is 0. The second-order valence-corrected chi connectivity index (χ2v) is 3.16. The number of Topliss-reactive ketones (excluding diaryl/α,β-unsaturated/α-hetero) is 2. The highest BCUT2D eigenvalue weighted by atomic mass is 16.2. The molecule has 0 N–H and O–H groups in total. The highest BCUT2D eigenvalue weighted by molar-refractivity contribution is 6.41. The molecule has 0 unspecified atom stereocenters. The fraction of sp³-hybridized carbons (Fsp3) is 0.200. The van der Waals surface area contributed by atoms with E-state index in [1.807, 2.05) is 0 Å². The first kappa shape index (κ1) is 8.74. The molecule has 0 saturated carbocycles. The summed E-state index contributed by atoms with van der Waals surface area (Å²) in [5.74, 6) is -1.86. The lowest BCUT2D eigenvalue weighted by molar-refractivity contribution is -0.127. The summed E-state index contributed by atoms with van der Waals surface area (Å²) in [5.41, 5.74) is -0.428.